The average molecular weight is 416 g/mol. The summed E-state index contributed by atoms with van der Waals surface area (Å²) in [7, 11) is 4.71. The fraction of sp³-hybridized carbons (Fsp3) is 0.333. The molecule has 3 aromatic rings. The third-order valence-corrected chi connectivity index (χ3v) is 5.41. The molecule has 1 aromatic heterocycles. The van der Waals surface area contributed by atoms with Crippen molar-refractivity contribution in [2.24, 2.45) is 0 Å². The van der Waals surface area contributed by atoms with E-state index in [0.29, 0.717) is 41.1 Å². The van der Waals surface area contributed by atoms with E-state index in [9.17, 15) is 0 Å². The van der Waals surface area contributed by atoms with Crippen LogP contribution in [0.5, 0.6) is 17.2 Å². The number of benzene rings is 2. The summed E-state index contributed by atoms with van der Waals surface area (Å²) in [6.45, 7) is 2.25. The summed E-state index contributed by atoms with van der Waals surface area (Å²) >= 11 is 6.31. The standard InChI is InChI=1S/C21H22ClN3O4/c1-26-17-8-7-15(19(27-2)20(17)28-3)21-23-18(29-24-21)12-25-10-9-14-13(11-25)5-4-6-16(14)22/h4-8H,9-12H2,1-3H3. The summed E-state index contributed by atoms with van der Waals surface area (Å²) < 4.78 is 21.8. The zero-order chi connectivity index (χ0) is 20.4. The van der Waals surface area contributed by atoms with Crippen molar-refractivity contribution >= 4 is 11.6 Å². The van der Waals surface area contributed by atoms with E-state index >= 15 is 0 Å². The van der Waals surface area contributed by atoms with Gasteiger partial charge in [-0.05, 0) is 35.7 Å². The molecule has 0 saturated carbocycles. The molecular formula is C21H22ClN3O4. The van der Waals surface area contributed by atoms with Gasteiger partial charge >= 0.3 is 0 Å². The maximum absolute atomic E-state index is 6.31. The molecule has 0 radical (unpaired) electrons. The van der Waals surface area contributed by atoms with Crippen LogP contribution in [0.25, 0.3) is 11.4 Å². The third kappa shape index (κ3) is 3.75. The number of rotatable bonds is 6. The molecule has 1 aliphatic rings. The molecule has 0 N–H and O–H groups in total. The van der Waals surface area contributed by atoms with Crippen LogP contribution in [0.4, 0.5) is 0 Å². The molecule has 7 nitrogen and oxygen atoms in total. The van der Waals surface area contributed by atoms with Crippen molar-refractivity contribution < 1.29 is 18.7 Å². The van der Waals surface area contributed by atoms with E-state index in [0.717, 1.165) is 24.5 Å². The Morgan fingerprint density at radius 3 is 2.66 bits per heavy atom. The van der Waals surface area contributed by atoms with Gasteiger partial charge in [-0.2, -0.15) is 4.98 Å². The largest absolute Gasteiger partial charge is 0.493 e. The zero-order valence-electron chi connectivity index (χ0n) is 16.6. The molecular weight excluding hydrogens is 394 g/mol. The molecule has 0 fully saturated rings. The number of hydrogen-bond donors (Lipinski definition) is 0. The lowest BCUT2D eigenvalue weighted by Crippen LogP contribution is -2.30. The molecule has 0 aliphatic carbocycles. The van der Waals surface area contributed by atoms with Gasteiger partial charge in [-0.25, -0.2) is 0 Å². The van der Waals surface area contributed by atoms with Gasteiger partial charge in [0.2, 0.25) is 17.5 Å². The van der Waals surface area contributed by atoms with Gasteiger partial charge in [-0.15, -0.1) is 0 Å². The second kappa shape index (κ2) is 8.31. The Labute approximate surface area is 174 Å². The van der Waals surface area contributed by atoms with Gasteiger partial charge in [0.1, 0.15) is 0 Å². The van der Waals surface area contributed by atoms with Gasteiger partial charge in [-0.3, -0.25) is 4.90 Å². The van der Waals surface area contributed by atoms with Crippen molar-refractivity contribution in [2.75, 3.05) is 27.9 Å². The minimum atomic E-state index is 0.443. The number of halogens is 1. The highest BCUT2D eigenvalue weighted by molar-refractivity contribution is 6.31. The van der Waals surface area contributed by atoms with E-state index in [1.807, 2.05) is 18.2 Å². The van der Waals surface area contributed by atoms with Crippen molar-refractivity contribution in [2.45, 2.75) is 19.5 Å². The summed E-state index contributed by atoms with van der Waals surface area (Å²) in [5.41, 5.74) is 3.15. The van der Waals surface area contributed by atoms with Gasteiger partial charge in [0, 0.05) is 18.1 Å². The summed E-state index contributed by atoms with van der Waals surface area (Å²) in [6.07, 6.45) is 0.902. The number of nitrogens with zero attached hydrogens (tertiary/aromatic N) is 3. The summed E-state index contributed by atoms with van der Waals surface area (Å²) in [6, 6.07) is 9.66. The SMILES string of the molecule is COc1ccc(-c2noc(CN3CCc4c(Cl)cccc4C3)n2)c(OC)c1OC. The highest BCUT2D eigenvalue weighted by atomic mass is 35.5. The van der Waals surface area contributed by atoms with E-state index in [1.165, 1.54) is 11.1 Å². The van der Waals surface area contributed by atoms with E-state index in [1.54, 1.807) is 27.4 Å². The third-order valence-electron chi connectivity index (χ3n) is 5.06. The quantitative estimate of drug-likeness (QED) is 0.603. The van der Waals surface area contributed by atoms with Gasteiger partial charge in [-0.1, -0.05) is 28.9 Å². The van der Waals surface area contributed by atoms with Crippen molar-refractivity contribution in [1.82, 2.24) is 15.0 Å². The molecule has 0 unspecified atom stereocenters. The minimum Gasteiger partial charge on any atom is -0.493 e. The monoisotopic (exact) mass is 415 g/mol. The predicted octanol–water partition coefficient (Wildman–Crippen LogP) is 3.97. The first-order valence-electron chi connectivity index (χ1n) is 9.25. The van der Waals surface area contributed by atoms with Crippen LogP contribution in [-0.2, 0) is 19.5 Å². The molecule has 152 valence electrons. The summed E-state index contributed by atoms with van der Waals surface area (Å²) in [5, 5.41) is 4.98. The molecule has 0 saturated heterocycles. The molecule has 0 atom stereocenters. The van der Waals surface area contributed by atoms with Crippen molar-refractivity contribution in [3.63, 3.8) is 0 Å². The van der Waals surface area contributed by atoms with Gasteiger partial charge in [0.25, 0.3) is 0 Å². The second-order valence-electron chi connectivity index (χ2n) is 6.73. The number of ether oxygens (including phenoxy) is 3. The van der Waals surface area contributed by atoms with Crippen LogP contribution >= 0.6 is 11.6 Å². The Morgan fingerprint density at radius 2 is 1.90 bits per heavy atom. The smallest absolute Gasteiger partial charge is 0.241 e. The first-order chi connectivity index (χ1) is 14.1. The Morgan fingerprint density at radius 1 is 1.07 bits per heavy atom. The second-order valence-corrected chi connectivity index (χ2v) is 7.14. The normalized spacial score (nSPS) is 13.8. The lowest BCUT2D eigenvalue weighted by atomic mass is 10.00. The predicted molar refractivity (Wildman–Crippen MR) is 109 cm³/mol. The molecule has 1 aliphatic heterocycles. The number of aromatic nitrogens is 2. The van der Waals surface area contributed by atoms with Gasteiger partial charge in [0.15, 0.2) is 11.5 Å². The number of hydrogen-bond acceptors (Lipinski definition) is 7. The van der Waals surface area contributed by atoms with Crippen LogP contribution in [0.15, 0.2) is 34.9 Å². The highest BCUT2D eigenvalue weighted by Crippen LogP contribution is 2.43. The number of methoxy groups -OCH3 is 3. The molecule has 0 amide bonds. The average Bonchev–Trinajstić information content (AvgIpc) is 3.20. The Kier molecular flexibility index (Phi) is 5.60. The number of fused-ring (bicyclic) bond motifs is 1. The van der Waals surface area contributed by atoms with Crippen LogP contribution in [-0.4, -0.2) is 42.9 Å². The van der Waals surface area contributed by atoms with Crippen molar-refractivity contribution in [3.8, 4) is 28.6 Å². The van der Waals surface area contributed by atoms with Crippen LogP contribution < -0.4 is 14.2 Å². The topological polar surface area (TPSA) is 69.9 Å². The van der Waals surface area contributed by atoms with E-state index < -0.39 is 0 Å². The van der Waals surface area contributed by atoms with Crippen molar-refractivity contribution in [3.05, 3.63) is 52.4 Å². The molecule has 29 heavy (non-hydrogen) atoms. The van der Waals surface area contributed by atoms with Crippen LogP contribution in [0.3, 0.4) is 0 Å². The molecule has 0 spiro atoms. The molecule has 2 aromatic carbocycles. The molecule has 2 heterocycles. The minimum absolute atomic E-state index is 0.443. The first kappa shape index (κ1) is 19.5. The Hall–Kier alpha value is -2.77. The van der Waals surface area contributed by atoms with Crippen LogP contribution in [0, 0.1) is 0 Å². The van der Waals surface area contributed by atoms with Crippen LogP contribution in [0.2, 0.25) is 5.02 Å². The molecule has 0 bridgehead atoms. The summed E-state index contributed by atoms with van der Waals surface area (Å²) in [5.74, 6) is 2.55. The van der Waals surface area contributed by atoms with E-state index in [-0.39, 0.29) is 0 Å². The van der Waals surface area contributed by atoms with E-state index in [4.69, 9.17) is 30.3 Å². The summed E-state index contributed by atoms with van der Waals surface area (Å²) in [4.78, 5) is 6.83. The lowest BCUT2D eigenvalue weighted by Gasteiger charge is -2.27. The fourth-order valence-electron chi connectivity index (χ4n) is 3.65. The first-order valence-corrected chi connectivity index (χ1v) is 9.63. The molecule has 4 rings (SSSR count). The fourth-order valence-corrected chi connectivity index (χ4v) is 3.94. The zero-order valence-corrected chi connectivity index (χ0v) is 17.3. The van der Waals surface area contributed by atoms with Crippen molar-refractivity contribution in [1.29, 1.82) is 0 Å². The lowest BCUT2D eigenvalue weighted by molar-refractivity contribution is 0.210. The highest BCUT2D eigenvalue weighted by Gasteiger charge is 2.23. The molecule has 8 heteroatoms. The Balaban J connectivity index is 1.55. The maximum Gasteiger partial charge on any atom is 0.241 e. The van der Waals surface area contributed by atoms with Crippen LogP contribution in [0.1, 0.15) is 17.0 Å². The maximum atomic E-state index is 6.31. The Bertz CT molecular complexity index is 1020. The van der Waals surface area contributed by atoms with Gasteiger partial charge < -0.3 is 18.7 Å². The van der Waals surface area contributed by atoms with E-state index in [2.05, 4.69) is 21.1 Å². The van der Waals surface area contributed by atoms with Gasteiger partial charge in [0.05, 0.1) is 33.4 Å².